The summed E-state index contributed by atoms with van der Waals surface area (Å²) < 4.78 is 10.7. The highest BCUT2D eigenvalue weighted by molar-refractivity contribution is 5.82. The number of rotatable bonds is 3. The molecule has 0 aromatic heterocycles. The first kappa shape index (κ1) is 17.3. The molecule has 1 heterocycles. The summed E-state index contributed by atoms with van der Waals surface area (Å²) in [6, 6.07) is 8.79. The van der Waals surface area contributed by atoms with Gasteiger partial charge in [-0.25, -0.2) is 9.59 Å². The van der Waals surface area contributed by atoms with Crippen molar-refractivity contribution < 1.29 is 19.1 Å². The summed E-state index contributed by atoms with van der Waals surface area (Å²) in [4.78, 5) is 26.1. The molecule has 1 aliphatic rings. The summed E-state index contributed by atoms with van der Waals surface area (Å²) in [5.74, 6) is -0.424. The Morgan fingerprint density at radius 1 is 1.26 bits per heavy atom. The van der Waals surface area contributed by atoms with Crippen LogP contribution in [0.4, 0.5) is 4.79 Å². The van der Waals surface area contributed by atoms with Crippen LogP contribution in [0.2, 0.25) is 0 Å². The number of piperazine rings is 1. The van der Waals surface area contributed by atoms with Crippen molar-refractivity contribution in [1.29, 1.82) is 0 Å². The maximum Gasteiger partial charge on any atom is 0.411 e. The number of hydrogen-bond donors (Lipinski definition) is 1. The van der Waals surface area contributed by atoms with Crippen molar-refractivity contribution >= 4 is 12.1 Å². The van der Waals surface area contributed by atoms with Gasteiger partial charge in [-0.15, -0.1) is 0 Å². The van der Waals surface area contributed by atoms with E-state index in [9.17, 15) is 9.59 Å². The van der Waals surface area contributed by atoms with Gasteiger partial charge in [0.2, 0.25) is 0 Å². The molecule has 1 amide bonds. The van der Waals surface area contributed by atoms with Gasteiger partial charge in [-0.2, -0.15) is 0 Å². The van der Waals surface area contributed by atoms with E-state index in [0.29, 0.717) is 19.6 Å². The Labute approximate surface area is 136 Å². The lowest BCUT2D eigenvalue weighted by Crippen LogP contribution is -2.58. The Kier molecular flexibility index (Phi) is 5.60. The van der Waals surface area contributed by atoms with Crippen LogP contribution in [0, 0.1) is 0 Å². The van der Waals surface area contributed by atoms with Crippen LogP contribution in [0.5, 0.6) is 0 Å². The zero-order valence-electron chi connectivity index (χ0n) is 13.9. The van der Waals surface area contributed by atoms with Crippen LogP contribution in [0.3, 0.4) is 0 Å². The molecule has 126 valence electrons. The zero-order chi connectivity index (χ0) is 16.9. The number of ether oxygens (including phenoxy) is 2. The summed E-state index contributed by atoms with van der Waals surface area (Å²) in [6.07, 6.45) is -0.485. The Hall–Kier alpha value is -2.08. The average molecular weight is 320 g/mol. The van der Waals surface area contributed by atoms with Crippen LogP contribution in [0.25, 0.3) is 0 Å². The average Bonchev–Trinajstić information content (AvgIpc) is 2.52. The molecule has 2 rings (SSSR count). The molecular formula is C17H24N2O4. The molecule has 0 unspecified atom stereocenters. The minimum atomic E-state index is -0.665. The molecule has 1 aromatic carbocycles. The number of benzene rings is 1. The molecule has 1 aromatic rings. The molecule has 6 heteroatoms. The van der Waals surface area contributed by atoms with E-state index in [-0.39, 0.29) is 6.61 Å². The SMILES string of the molecule is CC(C)(C)OC(=O)N1CCNC[C@H]1C(=O)OCc1ccccc1. The summed E-state index contributed by atoms with van der Waals surface area (Å²) in [5.41, 5.74) is 0.314. The molecule has 1 atom stereocenters. The molecule has 23 heavy (non-hydrogen) atoms. The van der Waals surface area contributed by atoms with Gasteiger partial charge in [-0.1, -0.05) is 30.3 Å². The summed E-state index contributed by atoms with van der Waals surface area (Å²) >= 11 is 0. The van der Waals surface area contributed by atoms with Crippen molar-refractivity contribution in [2.45, 2.75) is 39.0 Å². The van der Waals surface area contributed by atoms with E-state index in [4.69, 9.17) is 9.47 Å². The molecule has 1 N–H and O–H groups in total. The van der Waals surface area contributed by atoms with E-state index in [1.165, 1.54) is 4.90 Å². The van der Waals surface area contributed by atoms with Crippen LogP contribution in [0.1, 0.15) is 26.3 Å². The third kappa shape index (κ3) is 5.25. The van der Waals surface area contributed by atoms with Crippen molar-refractivity contribution in [3.05, 3.63) is 35.9 Å². The standard InChI is InChI=1S/C17H24N2O4/c1-17(2,3)23-16(21)19-10-9-18-11-14(19)15(20)22-12-13-7-5-4-6-8-13/h4-8,14,18H,9-12H2,1-3H3/t14-/m0/s1. The first-order valence-corrected chi connectivity index (χ1v) is 7.78. The number of nitrogens with zero attached hydrogens (tertiary/aromatic N) is 1. The molecule has 0 bridgehead atoms. The Morgan fingerprint density at radius 3 is 2.61 bits per heavy atom. The second-order valence-electron chi connectivity index (χ2n) is 6.49. The van der Waals surface area contributed by atoms with Gasteiger partial charge in [-0.05, 0) is 26.3 Å². The fraction of sp³-hybridized carbons (Fsp3) is 0.529. The Morgan fingerprint density at radius 2 is 1.96 bits per heavy atom. The molecule has 0 saturated carbocycles. The molecule has 0 aliphatic carbocycles. The fourth-order valence-electron chi connectivity index (χ4n) is 2.28. The van der Waals surface area contributed by atoms with Crippen LogP contribution in [-0.2, 0) is 20.9 Å². The van der Waals surface area contributed by atoms with Crippen molar-refractivity contribution in [1.82, 2.24) is 10.2 Å². The molecular weight excluding hydrogens is 296 g/mol. The highest BCUT2D eigenvalue weighted by Crippen LogP contribution is 2.14. The second kappa shape index (κ2) is 7.46. The predicted octanol–water partition coefficient (Wildman–Crippen LogP) is 1.94. The predicted molar refractivity (Wildman–Crippen MR) is 85.8 cm³/mol. The van der Waals surface area contributed by atoms with Crippen molar-refractivity contribution in [3.63, 3.8) is 0 Å². The Balaban J connectivity index is 1.97. The largest absolute Gasteiger partial charge is 0.459 e. The number of esters is 1. The number of amides is 1. The minimum Gasteiger partial charge on any atom is -0.459 e. The summed E-state index contributed by atoms with van der Waals surface area (Å²) in [6.45, 7) is 7.01. The number of hydrogen-bond acceptors (Lipinski definition) is 5. The smallest absolute Gasteiger partial charge is 0.411 e. The third-order valence-electron chi connectivity index (χ3n) is 3.37. The van der Waals surface area contributed by atoms with E-state index in [2.05, 4.69) is 5.32 Å². The van der Waals surface area contributed by atoms with Crippen LogP contribution in [0.15, 0.2) is 30.3 Å². The van der Waals surface area contributed by atoms with Gasteiger partial charge in [-0.3, -0.25) is 4.90 Å². The quantitative estimate of drug-likeness (QED) is 0.862. The maximum absolute atomic E-state index is 12.3. The van der Waals surface area contributed by atoms with Crippen LogP contribution >= 0.6 is 0 Å². The molecule has 1 saturated heterocycles. The van der Waals surface area contributed by atoms with Gasteiger partial charge < -0.3 is 14.8 Å². The van der Waals surface area contributed by atoms with Gasteiger partial charge in [0, 0.05) is 19.6 Å². The monoisotopic (exact) mass is 320 g/mol. The lowest BCUT2D eigenvalue weighted by molar-refractivity contribution is -0.151. The second-order valence-corrected chi connectivity index (χ2v) is 6.49. The van der Waals surface area contributed by atoms with E-state index < -0.39 is 23.7 Å². The zero-order valence-corrected chi connectivity index (χ0v) is 13.9. The van der Waals surface area contributed by atoms with Gasteiger partial charge in [0.1, 0.15) is 18.2 Å². The van der Waals surface area contributed by atoms with Crippen molar-refractivity contribution in [3.8, 4) is 0 Å². The molecule has 1 fully saturated rings. The summed E-state index contributed by atoms with van der Waals surface area (Å²) in [7, 11) is 0. The van der Waals surface area contributed by atoms with Gasteiger partial charge >= 0.3 is 12.1 Å². The van der Waals surface area contributed by atoms with Crippen molar-refractivity contribution in [2.75, 3.05) is 19.6 Å². The van der Waals surface area contributed by atoms with Gasteiger partial charge in [0.15, 0.2) is 0 Å². The van der Waals surface area contributed by atoms with E-state index in [1.54, 1.807) is 20.8 Å². The molecule has 0 radical (unpaired) electrons. The topological polar surface area (TPSA) is 67.9 Å². The Bertz CT molecular complexity index is 539. The number of carbonyl (C=O) groups is 2. The van der Waals surface area contributed by atoms with Crippen LogP contribution < -0.4 is 5.32 Å². The normalized spacial score (nSPS) is 18.4. The highest BCUT2D eigenvalue weighted by atomic mass is 16.6. The van der Waals surface area contributed by atoms with Gasteiger partial charge in [0.05, 0.1) is 0 Å². The van der Waals surface area contributed by atoms with E-state index >= 15 is 0 Å². The maximum atomic E-state index is 12.3. The fourth-order valence-corrected chi connectivity index (χ4v) is 2.28. The number of nitrogens with one attached hydrogen (secondary N) is 1. The third-order valence-corrected chi connectivity index (χ3v) is 3.37. The first-order chi connectivity index (χ1) is 10.9. The van der Waals surface area contributed by atoms with Crippen LogP contribution in [-0.4, -0.2) is 48.2 Å². The van der Waals surface area contributed by atoms with E-state index in [0.717, 1.165) is 5.56 Å². The first-order valence-electron chi connectivity index (χ1n) is 7.78. The molecule has 1 aliphatic heterocycles. The lowest BCUT2D eigenvalue weighted by atomic mass is 10.2. The lowest BCUT2D eigenvalue weighted by Gasteiger charge is -2.35. The highest BCUT2D eigenvalue weighted by Gasteiger charge is 2.35. The van der Waals surface area contributed by atoms with Gasteiger partial charge in [0.25, 0.3) is 0 Å². The summed E-state index contributed by atoms with van der Waals surface area (Å²) in [5, 5.41) is 3.11. The minimum absolute atomic E-state index is 0.193. The number of carbonyl (C=O) groups excluding carboxylic acids is 2. The van der Waals surface area contributed by atoms with Crippen molar-refractivity contribution in [2.24, 2.45) is 0 Å². The molecule has 6 nitrogen and oxygen atoms in total. The molecule has 0 spiro atoms. The van der Waals surface area contributed by atoms with E-state index in [1.807, 2.05) is 30.3 Å².